The van der Waals surface area contributed by atoms with Gasteiger partial charge in [-0.2, -0.15) is 13.2 Å². The number of thioether (sulfide) groups is 1. The van der Waals surface area contributed by atoms with E-state index >= 15 is 0 Å². The number of amides is 3. The summed E-state index contributed by atoms with van der Waals surface area (Å²) in [4.78, 5) is 41.0. The van der Waals surface area contributed by atoms with Gasteiger partial charge in [-0.05, 0) is 82.9 Å². The molecular weight excluding hydrogens is 731 g/mol. The average Bonchev–Trinajstić information content (AvgIpc) is 3.18. The van der Waals surface area contributed by atoms with Crippen LogP contribution >= 0.6 is 23.4 Å². The first-order chi connectivity index (χ1) is 26.0. The maximum Gasteiger partial charge on any atom is 0.418 e. The van der Waals surface area contributed by atoms with Crippen molar-refractivity contribution in [3.05, 3.63) is 191 Å². The fourth-order valence-corrected chi connectivity index (χ4v) is 6.62. The zero-order valence-electron chi connectivity index (χ0n) is 28.3. The minimum Gasteiger partial charge on any atom is -0.324 e. The highest BCUT2D eigenvalue weighted by atomic mass is 35.5. The lowest BCUT2D eigenvalue weighted by molar-refractivity contribution is -0.137. The fourth-order valence-electron chi connectivity index (χ4n) is 5.42. The van der Waals surface area contributed by atoms with E-state index in [-0.39, 0.29) is 10.7 Å². The number of nitrogens with one attached hydrogen (secondary N) is 3. The van der Waals surface area contributed by atoms with E-state index < -0.39 is 40.4 Å². The molecule has 6 nitrogen and oxygen atoms in total. The molecule has 6 aromatic carbocycles. The molecule has 0 aliphatic rings. The maximum absolute atomic E-state index is 13.8. The number of hydrogen-bond acceptors (Lipinski definition) is 4. The van der Waals surface area contributed by atoms with Gasteiger partial charge in [0.25, 0.3) is 11.8 Å². The lowest BCUT2D eigenvalue weighted by Gasteiger charge is -2.20. The minimum atomic E-state index is -4.74. The molecule has 0 spiro atoms. The second kappa shape index (κ2) is 17.2. The zero-order chi connectivity index (χ0) is 38.1. The van der Waals surface area contributed by atoms with Gasteiger partial charge in [-0.1, -0.05) is 115 Å². The Morgan fingerprint density at radius 3 is 1.89 bits per heavy atom. The van der Waals surface area contributed by atoms with E-state index in [4.69, 9.17) is 11.6 Å². The lowest BCUT2D eigenvalue weighted by Crippen LogP contribution is -2.30. The summed E-state index contributed by atoms with van der Waals surface area (Å²) in [6, 6.07) is 44.4. The molecule has 0 aromatic heterocycles. The summed E-state index contributed by atoms with van der Waals surface area (Å²) in [6.45, 7) is 0. The summed E-state index contributed by atoms with van der Waals surface area (Å²) in [5.41, 5.74) is 2.61. The Balaban J connectivity index is 1.21. The molecule has 1 unspecified atom stereocenters. The van der Waals surface area contributed by atoms with Gasteiger partial charge in [-0.15, -0.1) is 11.8 Å². The second-order valence-electron chi connectivity index (χ2n) is 11.9. The maximum atomic E-state index is 13.8. The van der Waals surface area contributed by atoms with E-state index in [9.17, 15) is 27.6 Å². The summed E-state index contributed by atoms with van der Waals surface area (Å²) >= 11 is 6.96. The Kier molecular flexibility index (Phi) is 12.0. The third-order valence-corrected chi connectivity index (χ3v) is 9.61. The Morgan fingerprint density at radius 1 is 0.667 bits per heavy atom. The number of benzene rings is 6. The van der Waals surface area contributed by atoms with E-state index in [1.165, 1.54) is 6.07 Å². The summed E-state index contributed by atoms with van der Waals surface area (Å²) in [5, 5.41) is 6.95. The normalized spacial score (nSPS) is 12.0. The van der Waals surface area contributed by atoms with Crippen LogP contribution < -0.4 is 16.0 Å². The van der Waals surface area contributed by atoms with Crippen molar-refractivity contribution in [2.75, 3.05) is 10.6 Å². The van der Waals surface area contributed by atoms with Crippen molar-refractivity contribution in [1.82, 2.24) is 5.32 Å². The van der Waals surface area contributed by atoms with Crippen molar-refractivity contribution in [2.45, 2.75) is 16.3 Å². The van der Waals surface area contributed by atoms with Gasteiger partial charge in [0.05, 0.1) is 11.3 Å². The third-order valence-electron chi connectivity index (χ3n) is 8.11. The van der Waals surface area contributed by atoms with Crippen LogP contribution in [0.1, 0.15) is 32.3 Å². The number of alkyl halides is 3. The van der Waals surface area contributed by atoms with E-state index in [0.717, 1.165) is 35.0 Å². The van der Waals surface area contributed by atoms with E-state index in [2.05, 4.69) is 16.0 Å². The number of anilines is 2. The van der Waals surface area contributed by atoms with Gasteiger partial charge in [0.1, 0.15) is 10.9 Å². The molecule has 0 saturated carbocycles. The molecule has 6 aromatic rings. The first kappa shape index (κ1) is 37.7. The van der Waals surface area contributed by atoms with Crippen LogP contribution in [0, 0.1) is 0 Å². The topological polar surface area (TPSA) is 87.3 Å². The molecular formula is C43H31ClF3N3O3S. The molecule has 3 N–H and O–H groups in total. The largest absolute Gasteiger partial charge is 0.418 e. The van der Waals surface area contributed by atoms with Crippen LogP contribution in [0.25, 0.3) is 17.2 Å². The average molecular weight is 762 g/mol. The Labute approximate surface area is 319 Å². The summed E-state index contributed by atoms with van der Waals surface area (Å²) in [6.07, 6.45) is -3.15. The summed E-state index contributed by atoms with van der Waals surface area (Å²) in [7, 11) is 0. The van der Waals surface area contributed by atoms with Crippen molar-refractivity contribution in [3.63, 3.8) is 0 Å². The van der Waals surface area contributed by atoms with Crippen LogP contribution in [0.15, 0.2) is 168 Å². The standard InChI is InChI=1S/C43H31ClF3N3O3S/c44-33-20-25-37(36(27-33)43(45,46)47)49-42(53)39(31-12-6-2-7-13-31)54-35-23-21-34(22-24-35)48-41(52)38(50-40(51)32-14-8-3-9-15-32)26-28-16-18-30(19-17-28)29-10-4-1-5-11-29/h1-27,39H,(H,48,52)(H,49,53)(H,50,51)/b38-26-. The van der Waals surface area contributed by atoms with Crippen LogP contribution in [0.4, 0.5) is 24.5 Å². The SMILES string of the molecule is O=C(Nc1ccc(SC(C(=O)Nc2ccc(Cl)cc2C(F)(F)F)c2ccccc2)cc1)/C(=C/c1ccc(-c2ccccc2)cc1)NC(=O)c1ccccc1. The molecule has 0 bridgehead atoms. The molecule has 11 heteroatoms. The number of carbonyl (C=O) groups is 3. The quantitative estimate of drug-likeness (QED) is 0.0906. The monoisotopic (exact) mass is 761 g/mol. The van der Waals surface area contributed by atoms with Gasteiger partial charge in [-0.3, -0.25) is 14.4 Å². The van der Waals surface area contributed by atoms with Crippen molar-refractivity contribution in [3.8, 4) is 11.1 Å². The highest BCUT2D eigenvalue weighted by molar-refractivity contribution is 8.00. The van der Waals surface area contributed by atoms with E-state index in [0.29, 0.717) is 27.3 Å². The lowest BCUT2D eigenvalue weighted by atomic mass is 10.0. The van der Waals surface area contributed by atoms with Gasteiger partial charge in [-0.25, -0.2) is 0 Å². The molecule has 0 saturated heterocycles. The van der Waals surface area contributed by atoms with Crippen LogP contribution in [-0.2, 0) is 15.8 Å². The minimum absolute atomic E-state index is 0.0102. The van der Waals surface area contributed by atoms with Gasteiger partial charge in [0.15, 0.2) is 0 Å². The Morgan fingerprint density at radius 2 is 1.26 bits per heavy atom. The molecule has 270 valence electrons. The van der Waals surface area contributed by atoms with E-state index in [1.54, 1.807) is 91.0 Å². The second-order valence-corrected chi connectivity index (χ2v) is 13.5. The van der Waals surface area contributed by atoms with Crippen LogP contribution in [0.3, 0.4) is 0 Å². The molecule has 0 aliphatic heterocycles. The Bertz CT molecular complexity index is 2270. The zero-order valence-corrected chi connectivity index (χ0v) is 29.9. The fraction of sp³-hybridized carbons (Fsp3) is 0.0465. The Hall–Kier alpha value is -6.10. The van der Waals surface area contributed by atoms with Crippen LogP contribution in [-0.4, -0.2) is 17.7 Å². The molecule has 1 atom stereocenters. The van der Waals surface area contributed by atoms with Gasteiger partial charge in [0.2, 0.25) is 5.91 Å². The highest BCUT2D eigenvalue weighted by Crippen LogP contribution is 2.40. The van der Waals surface area contributed by atoms with Gasteiger partial charge < -0.3 is 16.0 Å². The van der Waals surface area contributed by atoms with Crippen molar-refractivity contribution < 1.29 is 27.6 Å². The first-order valence-corrected chi connectivity index (χ1v) is 17.8. The highest BCUT2D eigenvalue weighted by Gasteiger charge is 2.35. The van der Waals surface area contributed by atoms with Crippen LogP contribution in [0.2, 0.25) is 5.02 Å². The smallest absolute Gasteiger partial charge is 0.324 e. The predicted molar refractivity (Wildman–Crippen MR) is 209 cm³/mol. The molecule has 0 fully saturated rings. The first-order valence-electron chi connectivity index (χ1n) is 16.6. The van der Waals surface area contributed by atoms with Crippen LogP contribution in [0.5, 0.6) is 0 Å². The van der Waals surface area contributed by atoms with Crippen molar-refractivity contribution in [1.29, 1.82) is 0 Å². The van der Waals surface area contributed by atoms with Gasteiger partial charge in [0, 0.05) is 21.2 Å². The summed E-state index contributed by atoms with van der Waals surface area (Å²) in [5.74, 6) is -1.70. The van der Waals surface area contributed by atoms with E-state index in [1.807, 2.05) is 54.6 Å². The third kappa shape index (κ3) is 9.86. The molecule has 54 heavy (non-hydrogen) atoms. The number of halogens is 4. The molecule has 3 amide bonds. The molecule has 0 aliphatic carbocycles. The molecule has 6 rings (SSSR count). The van der Waals surface area contributed by atoms with Crippen molar-refractivity contribution >= 4 is 58.5 Å². The summed E-state index contributed by atoms with van der Waals surface area (Å²) < 4.78 is 41.3. The van der Waals surface area contributed by atoms with Gasteiger partial charge >= 0.3 is 6.18 Å². The number of rotatable bonds is 11. The molecule has 0 radical (unpaired) electrons. The number of carbonyl (C=O) groups excluding carboxylic acids is 3. The van der Waals surface area contributed by atoms with Crippen molar-refractivity contribution in [2.24, 2.45) is 0 Å². The molecule has 0 heterocycles. The number of hydrogen-bond donors (Lipinski definition) is 3. The predicted octanol–water partition coefficient (Wildman–Crippen LogP) is 10.9.